The van der Waals surface area contributed by atoms with Gasteiger partial charge in [-0.05, 0) is 37.1 Å². The molecule has 0 bridgehead atoms. The summed E-state index contributed by atoms with van der Waals surface area (Å²) in [5.74, 6) is 1.86. The molecule has 3 aromatic rings. The van der Waals surface area contributed by atoms with Crippen LogP contribution in [0.2, 0.25) is 0 Å². The number of thioether (sulfide) groups is 1. The molecule has 1 fully saturated rings. The molecule has 7 nitrogen and oxygen atoms in total. The Bertz CT molecular complexity index is 1090. The molecule has 0 aliphatic carbocycles. The van der Waals surface area contributed by atoms with Crippen molar-refractivity contribution in [2.75, 3.05) is 34.8 Å². The van der Waals surface area contributed by atoms with E-state index in [9.17, 15) is 9.59 Å². The Morgan fingerprint density at radius 3 is 2.75 bits per heavy atom. The standard InChI is InChI=1S/C19H21N5O2S2/c1-12-3-4-14(9-13(12)2)21-15(25)10-24-11-20-17-16(18(24)26)28-19(22-17)23-5-7-27-8-6-23/h3-4,9,11H,5-8,10H2,1-2H3,(H,21,25). The highest BCUT2D eigenvalue weighted by Crippen LogP contribution is 2.27. The minimum atomic E-state index is -0.260. The molecule has 0 saturated carbocycles. The number of fused-ring (bicyclic) bond motifs is 1. The van der Waals surface area contributed by atoms with E-state index in [-0.39, 0.29) is 18.0 Å². The lowest BCUT2D eigenvalue weighted by Gasteiger charge is -2.25. The molecule has 146 valence electrons. The quantitative estimate of drug-likeness (QED) is 0.706. The number of aryl methyl sites for hydroxylation is 2. The third-order valence-electron chi connectivity index (χ3n) is 4.76. The van der Waals surface area contributed by atoms with E-state index in [0.717, 1.165) is 46.5 Å². The molecule has 3 heterocycles. The van der Waals surface area contributed by atoms with Crippen molar-refractivity contribution in [1.29, 1.82) is 0 Å². The summed E-state index contributed by atoms with van der Waals surface area (Å²) in [5.41, 5.74) is 3.21. The number of carbonyl (C=O) groups is 1. The Kier molecular flexibility index (Phi) is 5.36. The van der Waals surface area contributed by atoms with Gasteiger partial charge < -0.3 is 10.2 Å². The Hall–Kier alpha value is -2.39. The first-order valence-corrected chi connectivity index (χ1v) is 11.0. The smallest absolute Gasteiger partial charge is 0.273 e. The van der Waals surface area contributed by atoms with Crippen molar-refractivity contribution in [1.82, 2.24) is 14.5 Å². The second-order valence-corrected chi connectivity index (χ2v) is 8.98. The van der Waals surface area contributed by atoms with Crippen LogP contribution in [-0.2, 0) is 11.3 Å². The number of thiazole rings is 1. The van der Waals surface area contributed by atoms with Crippen molar-refractivity contribution >= 4 is 50.2 Å². The van der Waals surface area contributed by atoms with E-state index in [2.05, 4.69) is 20.2 Å². The molecule has 4 rings (SSSR count). The van der Waals surface area contributed by atoms with Crippen LogP contribution in [0.5, 0.6) is 0 Å². The van der Waals surface area contributed by atoms with Gasteiger partial charge >= 0.3 is 0 Å². The number of benzene rings is 1. The predicted molar refractivity (Wildman–Crippen MR) is 116 cm³/mol. The van der Waals surface area contributed by atoms with Gasteiger partial charge in [0.1, 0.15) is 17.6 Å². The summed E-state index contributed by atoms with van der Waals surface area (Å²) in [6.45, 7) is 5.79. The molecule has 1 saturated heterocycles. The zero-order valence-corrected chi connectivity index (χ0v) is 17.4. The lowest BCUT2D eigenvalue weighted by Crippen LogP contribution is -2.32. The summed E-state index contributed by atoms with van der Waals surface area (Å²) in [4.78, 5) is 36.2. The van der Waals surface area contributed by atoms with Crippen molar-refractivity contribution in [3.63, 3.8) is 0 Å². The zero-order valence-electron chi connectivity index (χ0n) is 15.8. The Balaban J connectivity index is 1.53. The SMILES string of the molecule is Cc1ccc(NC(=O)Cn2cnc3nc(N4CCSCC4)sc3c2=O)cc1C. The number of hydrogen-bond donors (Lipinski definition) is 1. The summed E-state index contributed by atoms with van der Waals surface area (Å²) in [6, 6.07) is 5.74. The van der Waals surface area contributed by atoms with Crippen LogP contribution in [0.4, 0.5) is 10.8 Å². The van der Waals surface area contributed by atoms with Crippen LogP contribution < -0.4 is 15.8 Å². The van der Waals surface area contributed by atoms with Gasteiger partial charge in [0.15, 0.2) is 10.8 Å². The van der Waals surface area contributed by atoms with Crippen molar-refractivity contribution in [3.8, 4) is 0 Å². The fourth-order valence-corrected chi connectivity index (χ4v) is 4.94. The second-order valence-electron chi connectivity index (χ2n) is 6.77. The molecule has 28 heavy (non-hydrogen) atoms. The largest absolute Gasteiger partial charge is 0.346 e. The molecule has 9 heteroatoms. The minimum absolute atomic E-state index is 0.0811. The molecular formula is C19H21N5O2S2. The van der Waals surface area contributed by atoms with Crippen LogP contribution in [0.15, 0.2) is 29.3 Å². The van der Waals surface area contributed by atoms with E-state index in [0.29, 0.717) is 10.3 Å². The molecule has 1 aromatic carbocycles. The fourth-order valence-electron chi connectivity index (χ4n) is 3.01. The van der Waals surface area contributed by atoms with E-state index in [1.165, 1.54) is 22.2 Å². The van der Waals surface area contributed by atoms with Gasteiger partial charge in [-0.25, -0.2) is 4.98 Å². The van der Waals surface area contributed by atoms with Gasteiger partial charge in [0, 0.05) is 30.3 Å². The maximum absolute atomic E-state index is 12.8. The topological polar surface area (TPSA) is 80.1 Å². The van der Waals surface area contributed by atoms with Gasteiger partial charge in [-0.2, -0.15) is 16.7 Å². The maximum atomic E-state index is 12.8. The van der Waals surface area contributed by atoms with Gasteiger partial charge in [-0.15, -0.1) is 0 Å². The third-order valence-corrected chi connectivity index (χ3v) is 6.79. The number of hydrogen-bond acceptors (Lipinski definition) is 7. The summed E-state index contributed by atoms with van der Waals surface area (Å²) in [6.07, 6.45) is 1.40. The number of nitrogens with zero attached hydrogens (tertiary/aromatic N) is 4. The van der Waals surface area contributed by atoms with Crippen molar-refractivity contribution in [2.24, 2.45) is 0 Å². The highest BCUT2D eigenvalue weighted by molar-refractivity contribution is 7.99. The molecule has 0 radical (unpaired) electrons. The molecule has 1 N–H and O–H groups in total. The van der Waals surface area contributed by atoms with E-state index < -0.39 is 0 Å². The predicted octanol–water partition coefficient (Wildman–Crippen LogP) is 2.66. The van der Waals surface area contributed by atoms with Crippen LogP contribution in [0, 0.1) is 13.8 Å². The fraction of sp³-hybridized carbons (Fsp3) is 0.368. The normalized spacial score (nSPS) is 14.4. The number of rotatable bonds is 4. The van der Waals surface area contributed by atoms with E-state index in [1.807, 2.05) is 43.8 Å². The summed E-state index contributed by atoms with van der Waals surface area (Å²) in [5, 5.41) is 3.67. The Labute approximate surface area is 170 Å². The van der Waals surface area contributed by atoms with Gasteiger partial charge in [0.2, 0.25) is 5.91 Å². The Morgan fingerprint density at radius 2 is 2.00 bits per heavy atom. The summed E-state index contributed by atoms with van der Waals surface area (Å²) < 4.78 is 1.84. The molecule has 1 aliphatic heterocycles. The van der Waals surface area contributed by atoms with Crippen molar-refractivity contribution in [3.05, 3.63) is 46.0 Å². The number of carbonyl (C=O) groups excluding carboxylic acids is 1. The van der Waals surface area contributed by atoms with Crippen LogP contribution in [0.25, 0.3) is 10.3 Å². The monoisotopic (exact) mass is 415 g/mol. The summed E-state index contributed by atoms with van der Waals surface area (Å²) >= 11 is 3.28. The minimum Gasteiger partial charge on any atom is -0.346 e. The number of amides is 1. The number of anilines is 2. The van der Waals surface area contributed by atoms with Crippen LogP contribution in [0.3, 0.4) is 0 Å². The van der Waals surface area contributed by atoms with Gasteiger partial charge in [0.25, 0.3) is 5.56 Å². The summed E-state index contributed by atoms with van der Waals surface area (Å²) in [7, 11) is 0. The second kappa shape index (κ2) is 7.92. The molecule has 1 amide bonds. The molecular weight excluding hydrogens is 394 g/mol. The molecule has 1 aliphatic rings. The first-order valence-electron chi connectivity index (χ1n) is 9.07. The Morgan fingerprint density at radius 1 is 1.21 bits per heavy atom. The van der Waals surface area contributed by atoms with Crippen LogP contribution >= 0.6 is 23.1 Å². The number of nitrogens with one attached hydrogen (secondary N) is 1. The van der Waals surface area contributed by atoms with Crippen LogP contribution in [-0.4, -0.2) is 45.0 Å². The van der Waals surface area contributed by atoms with Crippen molar-refractivity contribution in [2.45, 2.75) is 20.4 Å². The average Bonchev–Trinajstić information content (AvgIpc) is 3.13. The molecule has 0 unspecified atom stereocenters. The zero-order chi connectivity index (χ0) is 19.7. The highest BCUT2D eigenvalue weighted by atomic mass is 32.2. The van der Waals surface area contributed by atoms with Gasteiger partial charge in [0.05, 0.1) is 0 Å². The van der Waals surface area contributed by atoms with Gasteiger partial charge in [-0.3, -0.25) is 14.2 Å². The lowest BCUT2D eigenvalue weighted by molar-refractivity contribution is -0.116. The maximum Gasteiger partial charge on any atom is 0.273 e. The first kappa shape index (κ1) is 18.9. The number of aromatic nitrogens is 3. The third kappa shape index (κ3) is 3.90. The van der Waals surface area contributed by atoms with E-state index in [1.54, 1.807) is 0 Å². The van der Waals surface area contributed by atoms with Crippen molar-refractivity contribution < 1.29 is 4.79 Å². The molecule has 2 aromatic heterocycles. The lowest BCUT2D eigenvalue weighted by atomic mass is 10.1. The average molecular weight is 416 g/mol. The van der Waals surface area contributed by atoms with Gasteiger partial charge in [-0.1, -0.05) is 17.4 Å². The first-order chi connectivity index (χ1) is 13.5. The van der Waals surface area contributed by atoms with E-state index >= 15 is 0 Å². The highest BCUT2D eigenvalue weighted by Gasteiger charge is 2.18. The van der Waals surface area contributed by atoms with E-state index in [4.69, 9.17) is 0 Å². The molecule has 0 atom stereocenters. The van der Waals surface area contributed by atoms with Crippen LogP contribution in [0.1, 0.15) is 11.1 Å². The molecule has 0 spiro atoms.